The van der Waals surface area contributed by atoms with E-state index in [1.165, 1.54) is 158 Å². The SMILES string of the molecule is CC.CC.CC.CC.CC.CC.CCC(C)c1c2ccccc2cc2ccccc12.CCC(C)c1ccc2cc3ccccc3cc2c1.CCC(C)c1ccc2ccc3ccccc3c2c1.CCC(C)c1ccc2ccccc2c1.CCC(C)c1cccc2ccccc12.CCC(C)c1ccccc1. The van der Waals surface area contributed by atoms with Crippen LogP contribution in [-0.4, -0.2) is 0 Å². The van der Waals surface area contributed by atoms with Gasteiger partial charge in [0, 0.05) is 0 Å². The summed E-state index contributed by atoms with van der Waals surface area (Å²) in [5, 5.41) is 21.7. The van der Waals surface area contributed by atoms with Crippen molar-refractivity contribution in [2.24, 2.45) is 0 Å². The molecule has 0 bridgehead atoms. The molecule has 0 nitrogen and oxygen atoms in total. The molecule has 14 rings (SSSR count). The molecule has 0 saturated carbocycles. The molecular formula is C104H136. The maximum Gasteiger partial charge on any atom is -0.0103 e. The van der Waals surface area contributed by atoms with Crippen molar-refractivity contribution in [3.05, 3.63) is 312 Å². The van der Waals surface area contributed by atoms with Crippen molar-refractivity contribution in [3.8, 4) is 0 Å². The Hall–Kier alpha value is -8.84. The summed E-state index contributed by atoms with van der Waals surface area (Å²) in [4.78, 5) is 0. The van der Waals surface area contributed by atoms with Crippen molar-refractivity contribution < 1.29 is 0 Å². The molecule has 104 heavy (non-hydrogen) atoms. The van der Waals surface area contributed by atoms with E-state index in [1.807, 2.05) is 83.1 Å². The Balaban J connectivity index is 0.000000317. The molecule has 14 aromatic rings. The normalized spacial score (nSPS) is 11.8. The smallest absolute Gasteiger partial charge is 0.0103 e. The molecule has 0 saturated heterocycles. The number of fused-ring (bicyclic) bond motifs is 9. The molecule has 0 amide bonds. The van der Waals surface area contributed by atoms with Crippen LogP contribution in [0, 0.1) is 0 Å². The Kier molecular flexibility index (Phi) is 43.4. The summed E-state index contributed by atoms with van der Waals surface area (Å²) in [5.74, 6) is 3.90. The van der Waals surface area contributed by atoms with Crippen LogP contribution in [0.4, 0.5) is 0 Å². The first kappa shape index (κ1) is 89.4. The summed E-state index contributed by atoms with van der Waals surface area (Å²) in [7, 11) is 0. The summed E-state index contributed by atoms with van der Waals surface area (Å²) < 4.78 is 0. The molecule has 6 atom stereocenters. The van der Waals surface area contributed by atoms with Gasteiger partial charge in [0.05, 0.1) is 0 Å². The fourth-order valence-electron chi connectivity index (χ4n) is 12.5. The van der Waals surface area contributed by atoms with Gasteiger partial charge in [-0.15, -0.1) is 0 Å². The topological polar surface area (TPSA) is 0 Å². The van der Waals surface area contributed by atoms with Gasteiger partial charge in [0.1, 0.15) is 0 Å². The molecule has 0 aliphatic rings. The average molecular weight is 1390 g/mol. The quantitative estimate of drug-likeness (QED) is 0.0845. The zero-order valence-corrected chi connectivity index (χ0v) is 69.3. The predicted molar refractivity (Wildman–Crippen MR) is 479 cm³/mol. The maximum atomic E-state index is 2.37. The molecular weight excluding hydrogens is 1250 g/mol. The Morgan fingerprint density at radius 3 is 0.913 bits per heavy atom. The van der Waals surface area contributed by atoms with E-state index in [9.17, 15) is 0 Å². The molecule has 0 aromatic heterocycles. The highest BCUT2D eigenvalue weighted by atomic mass is 14.2. The zero-order valence-electron chi connectivity index (χ0n) is 69.3. The summed E-state index contributed by atoms with van der Waals surface area (Å²) >= 11 is 0. The molecule has 0 aliphatic carbocycles. The van der Waals surface area contributed by atoms with Crippen molar-refractivity contribution in [1.82, 2.24) is 0 Å². The molecule has 0 heteroatoms. The van der Waals surface area contributed by atoms with Crippen LogP contribution in [0.3, 0.4) is 0 Å². The first-order valence-corrected chi connectivity index (χ1v) is 40.6. The third kappa shape index (κ3) is 25.8. The second-order valence-corrected chi connectivity index (χ2v) is 25.7. The number of hydrogen-bond donors (Lipinski definition) is 0. The van der Waals surface area contributed by atoms with Crippen LogP contribution in [0.2, 0.25) is 0 Å². The van der Waals surface area contributed by atoms with Crippen LogP contribution in [0.25, 0.3) is 86.2 Å². The first-order valence-electron chi connectivity index (χ1n) is 40.6. The number of benzene rings is 14. The minimum atomic E-state index is 0.598. The van der Waals surface area contributed by atoms with Gasteiger partial charge < -0.3 is 0 Å². The van der Waals surface area contributed by atoms with E-state index < -0.39 is 0 Å². The largest absolute Gasteiger partial charge is 0.0683 e. The first-order chi connectivity index (χ1) is 50.9. The van der Waals surface area contributed by atoms with Crippen molar-refractivity contribution in [3.63, 3.8) is 0 Å². The van der Waals surface area contributed by atoms with Gasteiger partial charge in [-0.3, -0.25) is 0 Å². The van der Waals surface area contributed by atoms with Crippen molar-refractivity contribution in [1.29, 1.82) is 0 Å². The van der Waals surface area contributed by atoms with E-state index in [-0.39, 0.29) is 0 Å². The van der Waals surface area contributed by atoms with Crippen LogP contribution in [0.15, 0.2) is 279 Å². The third-order valence-electron chi connectivity index (χ3n) is 19.7. The average Bonchev–Trinajstić information content (AvgIpc) is 0.775. The van der Waals surface area contributed by atoms with Gasteiger partial charge in [0.2, 0.25) is 0 Å². The van der Waals surface area contributed by atoms with E-state index in [0.29, 0.717) is 35.5 Å². The standard InChI is InChI=1S/3C18H18.2C14H16.C10H14.6C2H6/c1-3-13(2)18-16-10-6-4-8-14(16)12-15-9-5-7-11-17(15)18;1-3-13(2)14-8-9-17-11-15-6-4-5-7-16(15)12-18(17)10-14;1-3-13(2)16-11-10-15-9-8-14-6-4-5-7-17(14)18(15)12-16;1-3-11(2)13-10-6-8-12-7-4-5-9-14(12)13;1-3-11(2)13-9-8-12-6-4-5-7-14(12)10-13;1-3-9(2)10-7-5-4-6-8-10;6*1-2/h3*4-13H,3H2,1-2H3;2*4-11H,3H2,1-2H3;4-9H,3H2,1-2H3;6*1-2H3. The predicted octanol–water partition coefficient (Wildman–Crippen LogP) is 34.6. The lowest BCUT2D eigenvalue weighted by Crippen LogP contribution is -1.95. The molecule has 0 spiro atoms. The Morgan fingerprint density at radius 1 is 0.173 bits per heavy atom. The van der Waals surface area contributed by atoms with E-state index in [1.54, 1.807) is 0 Å². The van der Waals surface area contributed by atoms with Crippen LogP contribution in [0.5, 0.6) is 0 Å². The molecule has 0 heterocycles. The third-order valence-corrected chi connectivity index (χ3v) is 19.7. The number of hydrogen-bond acceptors (Lipinski definition) is 0. The van der Waals surface area contributed by atoms with E-state index in [4.69, 9.17) is 0 Å². The van der Waals surface area contributed by atoms with Crippen molar-refractivity contribution >= 4 is 86.2 Å². The number of rotatable bonds is 12. The van der Waals surface area contributed by atoms with Crippen LogP contribution < -0.4 is 0 Å². The highest BCUT2D eigenvalue weighted by molar-refractivity contribution is 6.08. The van der Waals surface area contributed by atoms with Crippen molar-refractivity contribution in [2.45, 2.75) is 240 Å². The molecule has 552 valence electrons. The van der Waals surface area contributed by atoms with Gasteiger partial charge >= 0.3 is 0 Å². The molecule has 6 unspecified atom stereocenters. The molecule has 14 aromatic carbocycles. The molecule has 0 radical (unpaired) electrons. The van der Waals surface area contributed by atoms with Crippen LogP contribution >= 0.6 is 0 Å². The maximum absolute atomic E-state index is 2.37. The summed E-state index contributed by atoms with van der Waals surface area (Å²) in [5.41, 5.74) is 8.77. The van der Waals surface area contributed by atoms with Crippen LogP contribution in [-0.2, 0) is 0 Å². The lowest BCUT2D eigenvalue weighted by atomic mass is 9.88. The fourth-order valence-corrected chi connectivity index (χ4v) is 12.5. The van der Waals surface area contributed by atoms with Crippen LogP contribution in [0.1, 0.15) is 274 Å². The fraction of sp³-hybridized carbons (Fsp3) is 0.346. The highest BCUT2D eigenvalue weighted by Crippen LogP contribution is 2.36. The summed E-state index contributed by atoms with van der Waals surface area (Å²) in [6, 6.07) is 101. The molecule has 0 aliphatic heterocycles. The van der Waals surface area contributed by atoms with Gasteiger partial charge in [-0.25, -0.2) is 0 Å². The van der Waals surface area contributed by atoms with Gasteiger partial charge in [-0.1, -0.05) is 427 Å². The van der Waals surface area contributed by atoms with Gasteiger partial charge in [-0.05, 0) is 212 Å². The molecule has 0 fully saturated rings. The minimum Gasteiger partial charge on any atom is -0.0683 e. The van der Waals surface area contributed by atoms with Crippen molar-refractivity contribution in [2.75, 3.05) is 0 Å². The minimum absolute atomic E-state index is 0.598. The van der Waals surface area contributed by atoms with Gasteiger partial charge in [0.15, 0.2) is 0 Å². The monoisotopic (exact) mass is 1390 g/mol. The lowest BCUT2D eigenvalue weighted by molar-refractivity contribution is 0.733. The lowest BCUT2D eigenvalue weighted by Gasteiger charge is -2.16. The Labute approximate surface area is 634 Å². The molecule has 0 N–H and O–H groups in total. The second kappa shape index (κ2) is 50.5. The zero-order chi connectivity index (χ0) is 76.9. The van der Waals surface area contributed by atoms with Gasteiger partial charge in [-0.2, -0.15) is 0 Å². The second-order valence-electron chi connectivity index (χ2n) is 25.7. The Morgan fingerprint density at radius 2 is 0.452 bits per heavy atom. The Bertz CT molecular complexity index is 4520. The van der Waals surface area contributed by atoms with E-state index in [0.717, 1.165) is 0 Å². The summed E-state index contributed by atoms with van der Waals surface area (Å²) in [6.45, 7) is 51.2. The van der Waals surface area contributed by atoms with E-state index in [2.05, 4.69) is 362 Å². The highest BCUT2D eigenvalue weighted by Gasteiger charge is 2.13. The van der Waals surface area contributed by atoms with Gasteiger partial charge in [0.25, 0.3) is 0 Å². The van der Waals surface area contributed by atoms with E-state index >= 15 is 0 Å². The summed E-state index contributed by atoms with van der Waals surface area (Å²) in [6.07, 6.45) is 7.20.